The van der Waals surface area contributed by atoms with Crippen molar-refractivity contribution in [1.29, 1.82) is 0 Å². The summed E-state index contributed by atoms with van der Waals surface area (Å²) in [6.45, 7) is 6.83. The van der Waals surface area contributed by atoms with E-state index in [9.17, 15) is 9.59 Å². The summed E-state index contributed by atoms with van der Waals surface area (Å²) in [4.78, 5) is 31.0. The van der Waals surface area contributed by atoms with Crippen molar-refractivity contribution in [2.24, 2.45) is 0 Å². The van der Waals surface area contributed by atoms with Crippen LogP contribution in [-0.4, -0.2) is 48.0 Å². The van der Waals surface area contributed by atoms with E-state index in [0.717, 1.165) is 17.5 Å². The topological polar surface area (TPSA) is 61.9 Å². The molecule has 3 aromatic rings. The first-order valence-corrected chi connectivity index (χ1v) is 12.7. The summed E-state index contributed by atoms with van der Waals surface area (Å²) < 4.78 is 6.04. The standard InChI is InChI=1S/C27H28ClN3O3S/c1-3-14-30(27(33)29-21-8-4-19(2)5-9-21)17-26(32)31-15-12-25-23(13-16-35-25)24(31)18-34-22-10-6-20(28)7-11-22/h3-11,13,16,24H,1,12,14-15,17-18H2,2H3,(H,29,33)/t24-/m1/s1. The van der Waals surface area contributed by atoms with Gasteiger partial charge < -0.3 is 19.9 Å². The van der Waals surface area contributed by atoms with Gasteiger partial charge in [-0.1, -0.05) is 35.4 Å². The number of rotatable bonds is 8. The number of carbonyl (C=O) groups is 2. The average Bonchev–Trinajstić information content (AvgIpc) is 3.34. The highest BCUT2D eigenvalue weighted by Crippen LogP contribution is 2.34. The molecule has 0 radical (unpaired) electrons. The number of ether oxygens (including phenoxy) is 1. The second kappa shape index (κ2) is 11.4. The van der Waals surface area contributed by atoms with Crippen LogP contribution in [0, 0.1) is 6.92 Å². The van der Waals surface area contributed by atoms with Crippen molar-refractivity contribution in [3.63, 3.8) is 0 Å². The Hall–Kier alpha value is -3.29. The zero-order chi connectivity index (χ0) is 24.8. The van der Waals surface area contributed by atoms with E-state index in [4.69, 9.17) is 16.3 Å². The zero-order valence-electron chi connectivity index (χ0n) is 19.6. The fourth-order valence-electron chi connectivity index (χ4n) is 4.05. The van der Waals surface area contributed by atoms with Crippen molar-refractivity contribution in [3.05, 3.63) is 93.7 Å². The number of hydrogen-bond donors (Lipinski definition) is 1. The first-order chi connectivity index (χ1) is 16.9. The van der Waals surface area contributed by atoms with Crippen LogP contribution < -0.4 is 10.1 Å². The number of urea groups is 1. The van der Waals surface area contributed by atoms with Crippen LogP contribution >= 0.6 is 22.9 Å². The molecular formula is C27H28ClN3O3S. The summed E-state index contributed by atoms with van der Waals surface area (Å²) in [5.74, 6) is 0.558. The Kier molecular flexibility index (Phi) is 8.10. The third-order valence-electron chi connectivity index (χ3n) is 5.90. The van der Waals surface area contributed by atoms with Crippen LogP contribution in [0.2, 0.25) is 5.02 Å². The Labute approximate surface area is 214 Å². The summed E-state index contributed by atoms with van der Waals surface area (Å²) in [5.41, 5.74) is 2.88. The van der Waals surface area contributed by atoms with Gasteiger partial charge in [0.2, 0.25) is 5.91 Å². The van der Waals surface area contributed by atoms with Gasteiger partial charge in [-0.15, -0.1) is 17.9 Å². The molecule has 1 aromatic heterocycles. The molecule has 2 aromatic carbocycles. The van der Waals surface area contributed by atoms with Crippen molar-refractivity contribution in [3.8, 4) is 5.75 Å². The highest BCUT2D eigenvalue weighted by molar-refractivity contribution is 7.10. The summed E-state index contributed by atoms with van der Waals surface area (Å²) in [6.07, 6.45) is 2.41. The molecule has 0 saturated carbocycles. The molecule has 1 aliphatic rings. The third-order valence-corrected chi connectivity index (χ3v) is 7.15. The number of anilines is 1. The van der Waals surface area contributed by atoms with Gasteiger partial charge in [0.25, 0.3) is 0 Å². The predicted octanol–water partition coefficient (Wildman–Crippen LogP) is 5.93. The summed E-state index contributed by atoms with van der Waals surface area (Å²) in [6, 6.07) is 16.2. The Morgan fingerprint density at radius 2 is 1.94 bits per heavy atom. The second-order valence-electron chi connectivity index (χ2n) is 8.38. The SMILES string of the molecule is C=CCN(CC(=O)N1CCc2sccc2[C@H]1COc1ccc(Cl)cc1)C(=O)Nc1ccc(C)cc1. The molecule has 1 N–H and O–H groups in total. The quantitative estimate of drug-likeness (QED) is 0.382. The molecule has 0 unspecified atom stereocenters. The predicted molar refractivity (Wildman–Crippen MR) is 141 cm³/mol. The lowest BCUT2D eigenvalue weighted by Crippen LogP contribution is -2.48. The lowest BCUT2D eigenvalue weighted by Gasteiger charge is -2.37. The van der Waals surface area contributed by atoms with Gasteiger partial charge in [0, 0.05) is 28.7 Å². The van der Waals surface area contributed by atoms with Gasteiger partial charge >= 0.3 is 6.03 Å². The third kappa shape index (κ3) is 6.24. The molecule has 0 bridgehead atoms. The Bertz CT molecular complexity index is 1180. The summed E-state index contributed by atoms with van der Waals surface area (Å²) in [5, 5.41) is 5.56. The Balaban J connectivity index is 1.47. The average molecular weight is 510 g/mol. The summed E-state index contributed by atoms with van der Waals surface area (Å²) >= 11 is 7.68. The normalized spacial score (nSPS) is 14.7. The molecule has 0 aliphatic carbocycles. The Morgan fingerprint density at radius 1 is 1.20 bits per heavy atom. The molecule has 4 rings (SSSR count). The molecule has 2 heterocycles. The van der Waals surface area contributed by atoms with Crippen LogP contribution in [0.5, 0.6) is 5.75 Å². The minimum absolute atomic E-state index is 0.0549. The van der Waals surface area contributed by atoms with Crippen molar-refractivity contribution < 1.29 is 14.3 Å². The smallest absolute Gasteiger partial charge is 0.322 e. The fraction of sp³-hybridized carbons (Fsp3) is 0.259. The fourth-order valence-corrected chi connectivity index (χ4v) is 5.10. The van der Waals surface area contributed by atoms with Crippen molar-refractivity contribution in [2.75, 3.05) is 31.6 Å². The van der Waals surface area contributed by atoms with Gasteiger partial charge in [-0.25, -0.2) is 4.79 Å². The number of carbonyl (C=O) groups excluding carboxylic acids is 2. The van der Waals surface area contributed by atoms with Crippen molar-refractivity contribution in [1.82, 2.24) is 9.80 Å². The molecule has 0 fully saturated rings. The van der Waals surface area contributed by atoms with Crippen LogP contribution in [0.25, 0.3) is 0 Å². The zero-order valence-corrected chi connectivity index (χ0v) is 21.1. The largest absolute Gasteiger partial charge is 0.491 e. The van der Waals surface area contributed by atoms with Crippen LogP contribution in [0.3, 0.4) is 0 Å². The van der Waals surface area contributed by atoms with Crippen LogP contribution in [0.15, 0.2) is 72.6 Å². The lowest BCUT2D eigenvalue weighted by atomic mass is 10.0. The highest BCUT2D eigenvalue weighted by Gasteiger charge is 2.33. The number of halogens is 1. The maximum Gasteiger partial charge on any atom is 0.322 e. The molecule has 182 valence electrons. The Morgan fingerprint density at radius 3 is 2.66 bits per heavy atom. The van der Waals surface area contributed by atoms with E-state index < -0.39 is 0 Å². The number of fused-ring (bicyclic) bond motifs is 1. The van der Waals surface area contributed by atoms with Crippen molar-refractivity contribution in [2.45, 2.75) is 19.4 Å². The van der Waals surface area contributed by atoms with E-state index >= 15 is 0 Å². The molecule has 3 amide bonds. The maximum absolute atomic E-state index is 13.5. The first kappa shape index (κ1) is 24.8. The lowest BCUT2D eigenvalue weighted by molar-refractivity contribution is -0.135. The van der Waals surface area contributed by atoms with Gasteiger partial charge in [-0.2, -0.15) is 0 Å². The van der Waals surface area contributed by atoms with E-state index in [-0.39, 0.29) is 31.1 Å². The molecule has 1 aliphatic heterocycles. The van der Waals surface area contributed by atoms with E-state index in [1.54, 1.807) is 29.5 Å². The maximum atomic E-state index is 13.5. The van der Waals surface area contributed by atoms with Crippen LogP contribution in [-0.2, 0) is 11.2 Å². The van der Waals surface area contributed by atoms with Gasteiger partial charge in [0.15, 0.2) is 0 Å². The monoisotopic (exact) mass is 509 g/mol. The van der Waals surface area contributed by atoms with Crippen LogP contribution in [0.4, 0.5) is 10.5 Å². The second-order valence-corrected chi connectivity index (χ2v) is 9.82. The molecule has 0 saturated heterocycles. The number of thiophene rings is 1. The minimum atomic E-state index is -0.343. The van der Waals surface area contributed by atoms with Gasteiger partial charge in [-0.05, 0) is 66.8 Å². The van der Waals surface area contributed by atoms with E-state index in [2.05, 4.69) is 18.0 Å². The van der Waals surface area contributed by atoms with E-state index in [0.29, 0.717) is 29.6 Å². The van der Waals surface area contributed by atoms with Gasteiger partial charge in [-0.3, -0.25) is 4.79 Å². The number of amides is 3. The molecule has 8 heteroatoms. The van der Waals surface area contributed by atoms with Crippen LogP contribution in [0.1, 0.15) is 22.0 Å². The summed E-state index contributed by atoms with van der Waals surface area (Å²) in [7, 11) is 0. The molecular weight excluding hydrogens is 482 g/mol. The van der Waals surface area contributed by atoms with E-state index in [1.165, 1.54) is 9.78 Å². The number of benzene rings is 2. The number of aryl methyl sites for hydroxylation is 1. The molecule has 1 atom stereocenters. The van der Waals surface area contributed by atoms with Gasteiger partial charge in [0.05, 0.1) is 6.04 Å². The number of nitrogens with one attached hydrogen (secondary N) is 1. The molecule has 6 nitrogen and oxygen atoms in total. The number of nitrogens with zero attached hydrogens (tertiary/aromatic N) is 2. The number of hydrogen-bond acceptors (Lipinski definition) is 4. The van der Waals surface area contributed by atoms with Gasteiger partial charge in [0.1, 0.15) is 18.9 Å². The first-order valence-electron chi connectivity index (χ1n) is 11.4. The minimum Gasteiger partial charge on any atom is -0.491 e. The highest BCUT2D eigenvalue weighted by atomic mass is 35.5. The molecule has 35 heavy (non-hydrogen) atoms. The molecule has 0 spiro atoms. The van der Waals surface area contributed by atoms with E-state index in [1.807, 2.05) is 53.6 Å². The van der Waals surface area contributed by atoms with Crippen molar-refractivity contribution >= 4 is 40.6 Å².